The maximum Gasteiger partial charge on any atom is 0.318 e. The molecule has 1 aliphatic heterocycles. The zero-order valence-electron chi connectivity index (χ0n) is 12.5. The molecule has 3 heteroatoms. The van der Waals surface area contributed by atoms with Crippen LogP contribution in [0, 0.1) is 0 Å². The van der Waals surface area contributed by atoms with Crippen molar-refractivity contribution in [3.63, 3.8) is 0 Å². The summed E-state index contributed by atoms with van der Waals surface area (Å²) < 4.78 is 0. The zero-order chi connectivity index (χ0) is 14.9. The Morgan fingerprint density at radius 1 is 1.05 bits per heavy atom. The van der Waals surface area contributed by atoms with Crippen molar-refractivity contribution < 1.29 is 4.79 Å². The van der Waals surface area contributed by atoms with E-state index in [0.29, 0.717) is 6.54 Å². The first-order valence-corrected chi connectivity index (χ1v) is 7.29. The predicted molar refractivity (Wildman–Crippen MR) is 84.2 cm³/mol. The Kier molecular flexibility index (Phi) is 3.42. The van der Waals surface area contributed by atoms with Crippen molar-refractivity contribution in [1.82, 2.24) is 10.2 Å². The fraction of sp³-hybridized carbons (Fsp3) is 0.278. The SMILES string of the molecule is CN1C(=O)NCCc2ccccc2[C@]1(C)c1ccccc1. The van der Waals surface area contributed by atoms with Crippen molar-refractivity contribution in [2.75, 3.05) is 13.6 Å². The highest BCUT2D eigenvalue weighted by Crippen LogP contribution is 2.37. The van der Waals surface area contributed by atoms with E-state index in [0.717, 1.165) is 12.0 Å². The van der Waals surface area contributed by atoms with Crippen molar-refractivity contribution in [3.05, 3.63) is 71.3 Å². The Labute approximate surface area is 125 Å². The number of fused-ring (bicyclic) bond motifs is 1. The lowest BCUT2D eigenvalue weighted by atomic mass is 9.80. The van der Waals surface area contributed by atoms with Gasteiger partial charge in [0.15, 0.2) is 0 Å². The fourth-order valence-corrected chi connectivity index (χ4v) is 3.13. The van der Waals surface area contributed by atoms with Crippen molar-refractivity contribution in [2.45, 2.75) is 18.9 Å². The van der Waals surface area contributed by atoms with E-state index >= 15 is 0 Å². The van der Waals surface area contributed by atoms with Crippen molar-refractivity contribution in [2.24, 2.45) is 0 Å². The molecular formula is C18H20N2O. The number of rotatable bonds is 1. The molecule has 2 aromatic carbocycles. The first-order chi connectivity index (χ1) is 10.1. The van der Waals surface area contributed by atoms with Crippen molar-refractivity contribution >= 4 is 6.03 Å². The van der Waals surface area contributed by atoms with Crippen LogP contribution in [0.5, 0.6) is 0 Å². The van der Waals surface area contributed by atoms with Gasteiger partial charge in [-0.3, -0.25) is 0 Å². The topological polar surface area (TPSA) is 32.3 Å². The molecule has 0 unspecified atom stereocenters. The number of benzene rings is 2. The average Bonchev–Trinajstić information content (AvgIpc) is 2.54. The van der Waals surface area contributed by atoms with Crippen LogP contribution in [0.25, 0.3) is 0 Å². The van der Waals surface area contributed by atoms with E-state index < -0.39 is 5.54 Å². The largest absolute Gasteiger partial charge is 0.338 e. The minimum Gasteiger partial charge on any atom is -0.338 e. The highest BCUT2D eigenvalue weighted by atomic mass is 16.2. The van der Waals surface area contributed by atoms with E-state index in [9.17, 15) is 4.79 Å². The molecule has 2 amide bonds. The van der Waals surface area contributed by atoms with Crippen LogP contribution in [-0.4, -0.2) is 24.5 Å². The maximum absolute atomic E-state index is 12.4. The lowest BCUT2D eigenvalue weighted by Gasteiger charge is -2.42. The van der Waals surface area contributed by atoms with Crippen LogP contribution in [0.3, 0.4) is 0 Å². The average molecular weight is 280 g/mol. The molecule has 0 aromatic heterocycles. The number of hydrogen-bond acceptors (Lipinski definition) is 1. The Morgan fingerprint density at radius 2 is 1.71 bits per heavy atom. The van der Waals surface area contributed by atoms with Crippen LogP contribution >= 0.6 is 0 Å². The molecule has 3 rings (SSSR count). The third-order valence-electron chi connectivity index (χ3n) is 4.52. The van der Waals surface area contributed by atoms with Gasteiger partial charge in [-0.15, -0.1) is 0 Å². The van der Waals surface area contributed by atoms with Gasteiger partial charge in [0.25, 0.3) is 0 Å². The van der Waals surface area contributed by atoms with Gasteiger partial charge < -0.3 is 10.2 Å². The third kappa shape index (κ3) is 2.19. The molecule has 1 atom stereocenters. The van der Waals surface area contributed by atoms with E-state index in [1.807, 2.05) is 31.3 Å². The number of hydrogen-bond donors (Lipinski definition) is 1. The van der Waals surface area contributed by atoms with E-state index in [-0.39, 0.29) is 6.03 Å². The Bertz CT molecular complexity index is 653. The molecule has 1 heterocycles. The molecule has 2 aromatic rings. The van der Waals surface area contributed by atoms with Gasteiger partial charge in [-0.1, -0.05) is 54.6 Å². The number of carbonyl (C=O) groups is 1. The summed E-state index contributed by atoms with van der Waals surface area (Å²) in [5.74, 6) is 0. The van der Waals surface area contributed by atoms with Crippen molar-refractivity contribution in [1.29, 1.82) is 0 Å². The minimum atomic E-state index is -0.470. The molecule has 0 saturated heterocycles. The minimum absolute atomic E-state index is 0.0316. The monoisotopic (exact) mass is 280 g/mol. The van der Waals surface area contributed by atoms with E-state index in [2.05, 4.69) is 42.6 Å². The van der Waals surface area contributed by atoms with Gasteiger partial charge >= 0.3 is 6.03 Å². The van der Waals surface area contributed by atoms with E-state index in [1.54, 1.807) is 4.90 Å². The Morgan fingerprint density at radius 3 is 2.48 bits per heavy atom. The van der Waals surface area contributed by atoms with Crippen LogP contribution < -0.4 is 5.32 Å². The summed E-state index contributed by atoms with van der Waals surface area (Å²) >= 11 is 0. The molecule has 0 radical (unpaired) electrons. The highest BCUT2D eigenvalue weighted by Gasteiger charge is 2.38. The zero-order valence-corrected chi connectivity index (χ0v) is 12.5. The molecule has 0 saturated carbocycles. The van der Waals surface area contributed by atoms with Gasteiger partial charge in [0, 0.05) is 13.6 Å². The summed E-state index contributed by atoms with van der Waals surface area (Å²) in [7, 11) is 1.87. The Balaban J connectivity index is 2.25. The maximum atomic E-state index is 12.4. The van der Waals surface area contributed by atoms with Gasteiger partial charge in [0.2, 0.25) is 0 Å². The molecule has 0 spiro atoms. The summed E-state index contributed by atoms with van der Waals surface area (Å²) in [6.45, 7) is 2.79. The summed E-state index contributed by atoms with van der Waals surface area (Å²) in [5, 5.41) is 2.99. The predicted octanol–water partition coefficient (Wildman–Crippen LogP) is 3.15. The second-order valence-corrected chi connectivity index (χ2v) is 5.64. The van der Waals surface area contributed by atoms with Gasteiger partial charge in [-0.05, 0) is 30.0 Å². The molecule has 3 nitrogen and oxygen atoms in total. The van der Waals surface area contributed by atoms with E-state index in [4.69, 9.17) is 0 Å². The first kappa shape index (κ1) is 13.7. The molecular weight excluding hydrogens is 260 g/mol. The first-order valence-electron chi connectivity index (χ1n) is 7.29. The summed E-state index contributed by atoms with van der Waals surface area (Å²) in [5.41, 5.74) is 3.14. The van der Waals surface area contributed by atoms with Crippen LogP contribution in [0.1, 0.15) is 23.6 Å². The van der Waals surface area contributed by atoms with Crippen LogP contribution in [0.2, 0.25) is 0 Å². The smallest absolute Gasteiger partial charge is 0.318 e. The molecule has 0 aliphatic carbocycles. The fourth-order valence-electron chi connectivity index (χ4n) is 3.13. The van der Waals surface area contributed by atoms with Gasteiger partial charge in [0.1, 0.15) is 0 Å². The summed E-state index contributed by atoms with van der Waals surface area (Å²) in [6.07, 6.45) is 0.859. The van der Waals surface area contributed by atoms with Crippen molar-refractivity contribution in [3.8, 4) is 0 Å². The van der Waals surface area contributed by atoms with Gasteiger partial charge in [-0.25, -0.2) is 4.79 Å². The second-order valence-electron chi connectivity index (χ2n) is 5.64. The third-order valence-corrected chi connectivity index (χ3v) is 4.52. The molecule has 1 N–H and O–H groups in total. The normalized spacial score (nSPS) is 22.0. The van der Waals surface area contributed by atoms with Gasteiger partial charge in [0.05, 0.1) is 5.54 Å². The molecule has 1 aliphatic rings. The lowest BCUT2D eigenvalue weighted by Crippen LogP contribution is -2.52. The Hall–Kier alpha value is -2.29. The number of amides is 2. The number of carbonyl (C=O) groups excluding carboxylic acids is 1. The summed E-state index contributed by atoms with van der Waals surface area (Å²) in [6, 6.07) is 18.6. The quantitative estimate of drug-likeness (QED) is 0.855. The van der Waals surface area contributed by atoms with Crippen LogP contribution in [0.4, 0.5) is 4.79 Å². The van der Waals surface area contributed by atoms with Crippen LogP contribution in [-0.2, 0) is 12.0 Å². The standard InChI is InChI=1S/C18H20N2O/c1-18(15-9-4-3-5-10-15)16-11-7-6-8-14(16)12-13-19-17(21)20(18)2/h3-11H,12-13H2,1-2H3,(H,19,21)/t18-/m0/s1. The highest BCUT2D eigenvalue weighted by molar-refractivity contribution is 5.76. The number of nitrogens with zero attached hydrogens (tertiary/aromatic N) is 1. The molecule has 0 bridgehead atoms. The second kappa shape index (κ2) is 5.24. The van der Waals surface area contributed by atoms with Crippen LogP contribution in [0.15, 0.2) is 54.6 Å². The molecule has 0 fully saturated rings. The van der Waals surface area contributed by atoms with Gasteiger partial charge in [-0.2, -0.15) is 0 Å². The summed E-state index contributed by atoms with van der Waals surface area (Å²) in [4.78, 5) is 14.2. The molecule has 21 heavy (non-hydrogen) atoms. The number of nitrogens with one attached hydrogen (secondary N) is 1. The molecule has 108 valence electrons. The van der Waals surface area contributed by atoms with E-state index in [1.165, 1.54) is 11.1 Å². The number of urea groups is 1. The lowest BCUT2D eigenvalue weighted by molar-refractivity contribution is 0.164.